The fourth-order valence-corrected chi connectivity index (χ4v) is 1.88. The standard InChI is InChI=1S/C12H18N2/c1-9(8-13)14-12-7-11(12)10-5-3-2-4-6-10/h2-6,9,11-12,14H,7-8,13H2,1H3. The van der Waals surface area contributed by atoms with Gasteiger partial charge in [0.05, 0.1) is 0 Å². The van der Waals surface area contributed by atoms with Crippen molar-refractivity contribution in [3.63, 3.8) is 0 Å². The van der Waals surface area contributed by atoms with E-state index < -0.39 is 0 Å². The SMILES string of the molecule is CC(CN)NC1CC1c1ccccc1. The second-order valence-electron chi connectivity index (χ2n) is 4.16. The Labute approximate surface area is 85.5 Å². The molecule has 1 aromatic rings. The minimum atomic E-state index is 0.439. The van der Waals surface area contributed by atoms with Crippen molar-refractivity contribution >= 4 is 0 Å². The average molecular weight is 190 g/mol. The summed E-state index contributed by atoms with van der Waals surface area (Å²) >= 11 is 0. The lowest BCUT2D eigenvalue weighted by Gasteiger charge is -2.10. The molecule has 2 heteroatoms. The smallest absolute Gasteiger partial charge is 0.0164 e. The van der Waals surface area contributed by atoms with E-state index in [9.17, 15) is 0 Å². The second-order valence-corrected chi connectivity index (χ2v) is 4.16. The Morgan fingerprint density at radius 1 is 1.43 bits per heavy atom. The third-order valence-electron chi connectivity index (χ3n) is 2.87. The lowest BCUT2D eigenvalue weighted by Crippen LogP contribution is -2.35. The van der Waals surface area contributed by atoms with Crippen LogP contribution in [0.15, 0.2) is 30.3 Å². The van der Waals surface area contributed by atoms with Crippen LogP contribution in [0.25, 0.3) is 0 Å². The van der Waals surface area contributed by atoms with Gasteiger partial charge in [-0.2, -0.15) is 0 Å². The highest BCUT2D eigenvalue weighted by molar-refractivity contribution is 5.27. The van der Waals surface area contributed by atoms with E-state index in [4.69, 9.17) is 5.73 Å². The lowest BCUT2D eigenvalue weighted by atomic mass is 10.1. The van der Waals surface area contributed by atoms with Crippen molar-refractivity contribution < 1.29 is 0 Å². The molecular weight excluding hydrogens is 172 g/mol. The van der Waals surface area contributed by atoms with Gasteiger partial charge in [-0.25, -0.2) is 0 Å². The Bertz CT molecular complexity index is 284. The van der Waals surface area contributed by atoms with E-state index in [1.807, 2.05) is 0 Å². The van der Waals surface area contributed by atoms with Crippen molar-refractivity contribution in [3.05, 3.63) is 35.9 Å². The predicted octanol–water partition coefficient (Wildman–Crippen LogP) is 1.48. The van der Waals surface area contributed by atoms with Gasteiger partial charge in [-0.05, 0) is 18.9 Å². The van der Waals surface area contributed by atoms with E-state index in [0.29, 0.717) is 18.0 Å². The van der Waals surface area contributed by atoms with Crippen molar-refractivity contribution in [2.24, 2.45) is 5.73 Å². The fraction of sp³-hybridized carbons (Fsp3) is 0.500. The molecule has 3 N–H and O–H groups in total. The maximum Gasteiger partial charge on any atom is 0.0164 e. The molecule has 1 aromatic carbocycles. The second kappa shape index (κ2) is 4.11. The number of hydrogen-bond donors (Lipinski definition) is 2. The number of hydrogen-bond acceptors (Lipinski definition) is 2. The number of benzene rings is 1. The number of nitrogens with one attached hydrogen (secondary N) is 1. The van der Waals surface area contributed by atoms with Gasteiger partial charge in [0, 0.05) is 24.5 Å². The molecule has 3 unspecified atom stereocenters. The molecule has 0 amide bonds. The Morgan fingerprint density at radius 3 is 2.79 bits per heavy atom. The summed E-state index contributed by atoms with van der Waals surface area (Å²) in [5.74, 6) is 0.713. The third-order valence-corrected chi connectivity index (χ3v) is 2.87. The summed E-state index contributed by atoms with van der Waals surface area (Å²) in [5, 5.41) is 3.53. The molecule has 0 aromatic heterocycles. The summed E-state index contributed by atoms with van der Waals surface area (Å²) in [7, 11) is 0. The maximum atomic E-state index is 5.57. The Balaban J connectivity index is 1.87. The van der Waals surface area contributed by atoms with Crippen molar-refractivity contribution in [1.29, 1.82) is 0 Å². The Morgan fingerprint density at radius 2 is 2.14 bits per heavy atom. The lowest BCUT2D eigenvalue weighted by molar-refractivity contribution is 0.546. The van der Waals surface area contributed by atoms with E-state index in [2.05, 4.69) is 42.6 Å². The van der Waals surface area contributed by atoms with E-state index >= 15 is 0 Å². The molecule has 14 heavy (non-hydrogen) atoms. The first-order valence-corrected chi connectivity index (χ1v) is 5.32. The molecule has 0 aliphatic heterocycles. The maximum absolute atomic E-state index is 5.57. The summed E-state index contributed by atoms with van der Waals surface area (Å²) in [6.45, 7) is 2.86. The van der Waals surface area contributed by atoms with Gasteiger partial charge in [0.25, 0.3) is 0 Å². The Hall–Kier alpha value is -0.860. The molecule has 2 rings (SSSR count). The first-order valence-electron chi connectivity index (χ1n) is 5.32. The van der Waals surface area contributed by atoms with Crippen LogP contribution in [0.1, 0.15) is 24.8 Å². The van der Waals surface area contributed by atoms with Crippen LogP contribution in [0.2, 0.25) is 0 Å². The van der Waals surface area contributed by atoms with Crippen LogP contribution in [0.4, 0.5) is 0 Å². The molecule has 76 valence electrons. The number of nitrogens with two attached hydrogens (primary N) is 1. The largest absolute Gasteiger partial charge is 0.329 e. The van der Waals surface area contributed by atoms with Gasteiger partial charge in [0.1, 0.15) is 0 Å². The molecule has 2 nitrogen and oxygen atoms in total. The van der Waals surface area contributed by atoms with Crippen LogP contribution in [-0.2, 0) is 0 Å². The van der Waals surface area contributed by atoms with Gasteiger partial charge in [-0.1, -0.05) is 30.3 Å². The summed E-state index contributed by atoms with van der Waals surface area (Å²) < 4.78 is 0. The summed E-state index contributed by atoms with van der Waals surface area (Å²) in [5.41, 5.74) is 7.02. The highest BCUT2D eigenvalue weighted by Gasteiger charge is 2.38. The van der Waals surface area contributed by atoms with Crippen LogP contribution in [0.5, 0.6) is 0 Å². The first kappa shape index (κ1) is 9.69. The van der Waals surface area contributed by atoms with Gasteiger partial charge in [-0.15, -0.1) is 0 Å². The molecule has 0 spiro atoms. The topological polar surface area (TPSA) is 38.0 Å². The zero-order chi connectivity index (χ0) is 9.97. The third kappa shape index (κ3) is 2.14. The molecule has 0 saturated heterocycles. The fourth-order valence-electron chi connectivity index (χ4n) is 1.88. The van der Waals surface area contributed by atoms with Crippen LogP contribution in [0.3, 0.4) is 0 Å². The molecular formula is C12H18N2. The molecule has 0 bridgehead atoms. The van der Waals surface area contributed by atoms with E-state index in [0.717, 1.165) is 6.54 Å². The van der Waals surface area contributed by atoms with Gasteiger partial charge in [0.15, 0.2) is 0 Å². The van der Waals surface area contributed by atoms with Crippen LogP contribution >= 0.6 is 0 Å². The molecule has 0 radical (unpaired) electrons. The van der Waals surface area contributed by atoms with Crippen LogP contribution in [-0.4, -0.2) is 18.6 Å². The molecule has 1 fully saturated rings. The zero-order valence-electron chi connectivity index (χ0n) is 8.61. The van der Waals surface area contributed by atoms with E-state index in [1.165, 1.54) is 12.0 Å². The van der Waals surface area contributed by atoms with E-state index in [1.54, 1.807) is 0 Å². The summed E-state index contributed by atoms with van der Waals surface area (Å²) in [4.78, 5) is 0. The highest BCUT2D eigenvalue weighted by Crippen LogP contribution is 2.40. The molecule has 1 aliphatic rings. The van der Waals surface area contributed by atoms with Crippen molar-refractivity contribution in [2.45, 2.75) is 31.3 Å². The van der Waals surface area contributed by atoms with Crippen LogP contribution < -0.4 is 11.1 Å². The average Bonchev–Trinajstić information content (AvgIpc) is 2.98. The zero-order valence-corrected chi connectivity index (χ0v) is 8.61. The van der Waals surface area contributed by atoms with E-state index in [-0.39, 0.29) is 0 Å². The van der Waals surface area contributed by atoms with Crippen molar-refractivity contribution in [3.8, 4) is 0 Å². The molecule has 1 aliphatic carbocycles. The summed E-state index contributed by atoms with van der Waals surface area (Å²) in [6, 6.07) is 11.8. The molecule has 3 atom stereocenters. The van der Waals surface area contributed by atoms with Gasteiger partial charge < -0.3 is 11.1 Å². The molecule has 1 saturated carbocycles. The first-order chi connectivity index (χ1) is 6.81. The van der Waals surface area contributed by atoms with Gasteiger partial charge in [-0.3, -0.25) is 0 Å². The van der Waals surface area contributed by atoms with Gasteiger partial charge >= 0.3 is 0 Å². The number of rotatable bonds is 4. The minimum absolute atomic E-state index is 0.439. The van der Waals surface area contributed by atoms with Gasteiger partial charge in [0.2, 0.25) is 0 Å². The normalized spacial score (nSPS) is 27.3. The summed E-state index contributed by atoms with van der Waals surface area (Å²) in [6.07, 6.45) is 1.26. The minimum Gasteiger partial charge on any atom is -0.329 e. The molecule has 0 heterocycles. The Kier molecular flexibility index (Phi) is 2.85. The quantitative estimate of drug-likeness (QED) is 0.754. The predicted molar refractivity (Wildman–Crippen MR) is 59.2 cm³/mol. The van der Waals surface area contributed by atoms with Crippen molar-refractivity contribution in [2.75, 3.05) is 6.54 Å². The van der Waals surface area contributed by atoms with Crippen molar-refractivity contribution in [1.82, 2.24) is 5.32 Å². The highest BCUT2D eigenvalue weighted by atomic mass is 15.0. The monoisotopic (exact) mass is 190 g/mol. The van der Waals surface area contributed by atoms with Crippen LogP contribution in [0, 0.1) is 0 Å².